The lowest BCUT2D eigenvalue weighted by Crippen LogP contribution is -2.51. The maximum absolute atomic E-state index is 12.8. The Labute approximate surface area is 285 Å². The van der Waals surface area contributed by atoms with Crippen molar-refractivity contribution in [3.63, 3.8) is 0 Å². The van der Waals surface area contributed by atoms with E-state index < -0.39 is 6.36 Å². The summed E-state index contributed by atoms with van der Waals surface area (Å²) in [6, 6.07) is 24.1. The Balaban J connectivity index is 1.06. The van der Waals surface area contributed by atoms with Gasteiger partial charge in [0.15, 0.2) is 0 Å². The molecule has 0 saturated carbocycles. The minimum Gasteiger partial charge on any atom is -0.406 e. The molecule has 0 amide bonds. The first kappa shape index (κ1) is 33.2. The lowest BCUT2D eigenvalue weighted by molar-refractivity contribution is -0.274. The van der Waals surface area contributed by atoms with Gasteiger partial charge in [0.1, 0.15) is 5.75 Å². The van der Waals surface area contributed by atoms with Crippen molar-refractivity contribution in [1.29, 1.82) is 5.26 Å². The van der Waals surface area contributed by atoms with Crippen molar-refractivity contribution in [2.24, 2.45) is 0 Å². The van der Waals surface area contributed by atoms with Crippen LogP contribution in [0.15, 0.2) is 85.2 Å². The van der Waals surface area contributed by atoms with Crippen molar-refractivity contribution in [3.05, 3.63) is 102 Å². The summed E-state index contributed by atoms with van der Waals surface area (Å²) < 4.78 is 44.9. The predicted octanol–water partition coefficient (Wildman–Crippen LogP) is 5.59. The Morgan fingerprint density at radius 2 is 1.78 bits per heavy atom. The van der Waals surface area contributed by atoms with Crippen molar-refractivity contribution < 1.29 is 17.9 Å². The van der Waals surface area contributed by atoms with E-state index in [9.17, 15) is 18.4 Å². The molecule has 11 heteroatoms. The molecule has 8 nitrogen and oxygen atoms in total. The van der Waals surface area contributed by atoms with Gasteiger partial charge in [-0.3, -0.25) is 9.80 Å². The van der Waals surface area contributed by atoms with Gasteiger partial charge in [-0.25, -0.2) is 0 Å². The number of halogens is 3. The minimum atomic E-state index is -4.73. The third kappa shape index (κ3) is 7.63. The molecule has 4 aromatic rings. The number of likely N-dealkylation sites (tertiary alicyclic amines) is 2. The Hall–Kier alpha value is -4.34. The standard InChI is InChI=1S/C38H42F3N7O/c1-26(36-20-43-14-15-45-36)44-13-4-16-46-25-35(28-8-10-33(11-9-28)49-38(39,40)41)34-17-27(7-12-37(34)46)21-47-23-32-18-31(47)24-48(32)22-30-6-3-2-5-29(30)19-42/h2-3,5-12,17,25,31-32,36,43-45H,1,4,13-16,18,20-24H2. The highest BCUT2D eigenvalue weighted by molar-refractivity contribution is 5.96. The topological polar surface area (TPSA) is 80.5 Å². The fourth-order valence-corrected chi connectivity index (χ4v) is 7.65. The Kier molecular flexibility index (Phi) is 9.65. The molecule has 2 bridgehead atoms. The van der Waals surface area contributed by atoms with Crippen LogP contribution < -0.4 is 20.7 Å². The van der Waals surface area contributed by atoms with Crippen LogP contribution in [-0.2, 0) is 19.6 Å². The number of aryl methyl sites for hydroxylation is 1. The number of fused-ring (bicyclic) bond motifs is 3. The van der Waals surface area contributed by atoms with Crippen LogP contribution in [-0.4, -0.2) is 78.1 Å². The quantitative estimate of drug-likeness (QED) is 0.170. The molecule has 1 aromatic heterocycles. The number of ether oxygens (including phenoxy) is 1. The molecule has 49 heavy (non-hydrogen) atoms. The zero-order chi connectivity index (χ0) is 34.0. The van der Waals surface area contributed by atoms with Crippen LogP contribution in [0.5, 0.6) is 5.75 Å². The molecule has 3 N–H and O–H groups in total. The number of nitrogens with zero attached hydrogens (tertiary/aromatic N) is 4. The van der Waals surface area contributed by atoms with E-state index in [-0.39, 0.29) is 11.8 Å². The molecule has 3 fully saturated rings. The smallest absolute Gasteiger partial charge is 0.406 e. The molecule has 3 aliphatic heterocycles. The summed E-state index contributed by atoms with van der Waals surface area (Å²) in [5.74, 6) is -0.233. The van der Waals surface area contributed by atoms with Gasteiger partial charge in [-0.05, 0) is 59.9 Å². The number of alkyl halides is 3. The van der Waals surface area contributed by atoms with Gasteiger partial charge in [0.25, 0.3) is 0 Å². The molecular formula is C38H42F3N7O. The van der Waals surface area contributed by atoms with Crippen LogP contribution >= 0.6 is 0 Å². The van der Waals surface area contributed by atoms with E-state index in [2.05, 4.69) is 78.2 Å². The highest BCUT2D eigenvalue weighted by Crippen LogP contribution is 2.36. The van der Waals surface area contributed by atoms with Gasteiger partial charge >= 0.3 is 6.36 Å². The molecule has 7 rings (SSSR count). The molecule has 3 unspecified atom stereocenters. The average Bonchev–Trinajstić information content (AvgIpc) is 3.79. The van der Waals surface area contributed by atoms with Gasteiger partial charge in [0.2, 0.25) is 0 Å². The summed E-state index contributed by atoms with van der Waals surface area (Å²) in [5.41, 5.74) is 6.95. The number of benzene rings is 3. The van der Waals surface area contributed by atoms with Crippen molar-refractivity contribution in [2.45, 2.75) is 57.0 Å². The molecule has 3 atom stereocenters. The van der Waals surface area contributed by atoms with E-state index in [1.807, 2.05) is 18.2 Å². The molecule has 0 radical (unpaired) electrons. The summed E-state index contributed by atoms with van der Waals surface area (Å²) >= 11 is 0. The summed E-state index contributed by atoms with van der Waals surface area (Å²) in [6.45, 7) is 12.1. The second kappa shape index (κ2) is 14.3. The summed E-state index contributed by atoms with van der Waals surface area (Å²) in [4.78, 5) is 5.07. The third-order valence-electron chi connectivity index (χ3n) is 10.1. The fourth-order valence-electron chi connectivity index (χ4n) is 7.65. The van der Waals surface area contributed by atoms with E-state index in [4.69, 9.17) is 0 Å². The summed E-state index contributed by atoms with van der Waals surface area (Å²) in [6.07, 6.45) is -0.611. The molecule has 3 aliphatic rings. The number of piperazine rings is 2. The molecule has 4 heterocycles. The van der Waals surface area contributed by atoms with Gasteiger partial charge < -0.3 is 25.3 Å². The van der Waals surface area contributed by atoms with Crippen molar-refractivity contribution >= 4 is 10.9 Å². The molecular weight excluding hydrogens is 627 g/mol. The van der Waals surface area contributed by atoms with Crippen molar-refractivity contribution in [1.82, 2.24) is 30.3 Å². The lowest BCUT2D eigenvalue weighted by Gasteiger charge is -2.34. The SMILES string of the molecule is C=C(NCCCn1cc(-c2ccc(OC(F)(F)F)cc2)c2cc(CN3CC4CC3CN4Cc3ccccc3C#N)ccc21)C1CNCCN1. The average molecular weight is 670 g/mol. The van der Waals surface area contributed by atoms with E-state index in [0.29, 0.717) is 12.1 Å². The summed E-state index contributed by atoms with van der Waals surface area (Å²) in [5, 5.41) is 21.0. The number of hydrogen-bond acceptors (Lipinski definition) is 7. The van der Waals surface area contributed by atoms with E-state index >= 15 is 0 Å². The summed E-state index contributed by atoms with van der Waals surface area (Å²) in [7, 11) is 0. The third-order valence-corrected chi connectivity index (χ3v) is 10.1. The van der Waals surface area contributed by atoms with Crippen LogP contribution in [0, 0.1) is 11.3 Å². The zero-order valence-corrected chi connectivity index (χ0v) is 27.5. The highest BCUT2D eigenvalue weighted by Gasteiger charge is 2.43. The number of hydrogen-bond donors (Lipinski definition) is 3. The Morgan fingerprint density at radius 1 is 1.00 bits per heavy atom. The van der Waals surface area contributed by atoms with Gasteiger partial charge in [-0.2, -0.15) is 5.26 Å². The first-order valence-corrected chi connectivity index (χ1v) is 17.0. The first-order chi connectivity index (χ1) is 23.7. The van der Waals surface area contributed by atoms with Gasteiger partial charge in [-0.15, -0.1) is 13.2 Å². The van der Waals surface area contributed by atoms with Crippen LogP contribution in [0.3, 0.4) is 0 Å². The number of rotatable bonds is 12. The monoisotopic (exact) mass is 669 g/mol. The maximum atomic E-state index is 12.8. The van der Waals surface area contributed by atoms with Crippen LogP contribution in [0.4, 0.5) is 13.2 Å². The van der Waals surface area contributed by atoms with Crippen LogP contribution in [0.2, 0.25) is 0 Å². The molecule has 0 spiro atoms. The van der Waals surface area contributed by atoms with Crippen LogP contribution in [0.25, 0.3) is 22.0 Å². The Bertz CT molecular complexity index is 1820. The van der Waals surface area contributed by atoms with Crippen molar-refractivity contribution in [2.75, 3.05) is 39.3 Å². The molecule has 256 valence electrons. The normalized spacial score (nSPS) is 21.2. The van der Waals surface area contributed by atoms with Crippen LogP contribution in [0.1, 0.15) is 29.5 Å². The lowest BCUT2D eigenvalue weighted by atomic mass is 10.0. The van der Waals surface area contributed by atoms with E-state index in [1.54, 1.807) is 12.1 Å². The number of nitriles is 1. The fraction of sp³-hybridized carbons (Fsp3) is 0.395. The van der Waals surface area contributed by atoms with Crippen molar-refractivity contribution in [3.8, 4) is 22.9 Å². The predicted molar refractivity (Wildman–Crippen MR) is 185 cm³/mol. The largest absolute Gasteiger partial charge is 0.573 e. The van der Waals surface area contributed by atoms with Gasteiger partial charge in [0, 0.05) is 99.3 Å². The molecule has 0 aliphatic carbocycles. The number of aromatic nitrogens is 1. The highest BCUT2D eigenvalue weighted by atomic mass is 19.4. The maximum Gasteiger partial charge on any atom is 0.573 e. The Morgan fingerprint density at radius 3 is 2.49 bits per heavy atom. The second-order valence-electron chi connectivity index (χ2n) is 13.3. The minimum absolute atomic E-state index is 0.213. The van der Waals surface area contributed by atoms with Gasteiger partial charge in [-0.1, -0.05) is 43.0 Å². The molecule has 3 aromatic carbocycles. The van der Waals surface area contributed by atoms with E-state index in [1.165, 1.54) is 17.7 Å². The second-order valence-corrected chi connectivity index (χ2v) is 13.3. The zero-order valence-electron chi connectivity index (χ0n) is 27.5. The first-order valence-electron chi connectivity index (χ1n) is 17.0. The van der Waals surface area contributed by atoms with E-state index in [0.717, 1.165) is 111 Å². The molecule has 3 saturated heterocycles. The number of nitrogens with one attached hydrogen (secondary N) is 3. The van der Waals surface area contributed by atoms with Gasteiger partial charge in [0.05, 0.1) is 17.7 Å².